The molecular weight excluding hydrogens is 641 g/mol. The van der Waals surface area contributed by atoms with Crippen LogP contribution in [0.15, 0.2) is 48.5 Å². The number of amides is 2. The van der Waals surface area contributed by atoms with Gasteiger partial charge in [0.1, 0.15) is 0 Å². The number of benzene rings is 2. The Morgan fingerprint density at radius 2 is 0.654 bits per heavy atom. The molecule has 0 saturated heterocycles. The van der Waals surface area contributed by atoms with E-state index < -0.39 is 0 Å². The molecule has 0 heterocycles. The Bertz CT molecular complexity index is 1060. The lowest BCUT2D eigenvalue weighted by Crippen LogP contribution is -2.36. The predicted molar refractivity (Wildman–Crippen MR) is 224 cm³/mol. The molecule has 52 heavy (non-hydrogen) atoms. The third kappa shape index (κ3) is 21.1. The fourth-order valence-corrected chi connectivity index (χ4v) is 6.91. The van der Waals surface area contributed by atoms with Gasteiger partial charge in [0, 0.05) is 37.3 Å². The highest BCUT2D eigenvalue weighted by atomic mass is 16.2. The molecule has 0 aliphatic heterocycles. The lowest BCUT2D eigenvalue weighted by molar-refractivity contribution is 0.0939. The van der Waals surface area contributed by atoms with Gasteiger partial charge in [-0.3, -0.25) is 9.59 Å². The van der Waals surface area contributed by atoms with Crippen molar-refractivity contribution in [2.75, 3.05) is 52.4 Å². The molecule has 6 nitrogen and oxygen atoms in total. The summed E-state index contributed by atoms with van der Waals surface area (Å²) in [5, 5.41) is 6.32. The van der Waals surface area contributed by atoms with Gasteiger partial charge < -0.3 is 20.4 Å². The Morgan fingerprint density at radius 1 is 0.385 bits per heavy atom. The maximum Gasteiger partial charge on any atom is 0.251 e. The molecule has 2 amide bonds. The van der Waals surface area contributed by atoms with E-state index in [4.69, 9.17) is 0 Å². The fourth-order valence-electron chi connectivity index (χ4n) is 6.91. The number of unbranched alkanes of at least 4 members (excludes halogenated alkanes) is 16. The Labute approximate surface area is 320 Å². The van der Waals surface area contributed by atoms with Crippen LogP contribution in [0.2, 0.25) is 0 Å². The first-order valence-electron chi connectivity index (χ1n) is 21.7. The molecule has 0 unspecified atom stereocenters. The summed E-state index contributed by atoms with van der Waals surface area (Å²) < 4.78 is 0. The van der Waals surface area contributed by atoms with E-state index in [9.17, 15) is 9.59 Å². The number of hydrogen-bond acceptors (Lipinski definition) is 4. The molecule has 0 atom stereocenters. The highest BCUT2D eigenvalue weighted by Crippen LogP contribution is 2.21. The summed E-state index contributed by atoms with van der Waals surface area (Å²) in [6, 6.07) is 15.6. The Morgan fingerprint density at radius 3 is 0.962 bits per heavy atom. The van der Waals surface area contributed by atoms with Crippen LogP contribution in [0, 0.1) is 0 Å². The van der Waals surface area contributed by atoms with Gasteiger partial charge in [0.25, 0.3) is 11.8 Å². The molecular formula is C46H78N4O2. The van der Waals surface area contributed by atoms with Gasteiger partial charge in [-0.2, -0.15) is 0 Å². The smallest absolute Gasteiger partial charge is 0.251 e. The second kappa shape index (κ2) is 30.7. The molecule has 0 aliphatic rings. The van der Waals surface area contributed by atoms with Gasteiger partial charge in [0.2, 0.25) is 0 Å². The van der Waals surface area contributed by atoms with E-state index in [0.29, 0.717) is 24.2 Å². The first-order valence-corrected chi connectivity index (χ1v) is 21.7. The minimum atomic E-state index is -0.0180. The summed E-state index contributed by atoms with van der Waals surface area (Å²) in [4.78, 5) is 31.1. The van der Waals surface area contributed by atoms with Crippen molar-refractivity contribution in [1.29, 1.82) is 0 Å². The van der Waals surface area contributed by atoms with Crippen LogP contribution in [-0.4, -0.2) is 74.0 Å². The maximum absolute atomic E-state index is 13.0. The van der Waals surface area contributed by atoms with Crippen molar-refractivity contribution < 1.29 is 9.59 Å². The molecule has 0 aromatic heterocycles. The molecule has 2 rings (SSSR count). The Hall–Kier alpha value is -2.70. The highest BCUT2D eigenvalue weighted by molar-refractivity contribution is 5.95. The van der Waals surface area contributed by atoms with Crippen molar-refractivity contribution in [1.82, 2.24) is 20.4 Å². The molecule has 2 N–H and O–H groups in total. The van der Waals surface area contributed by atoms with Crippen molar-refractivity contribution in [2.24, 2.45) is 0 Å². The van der Waals surface area contributed by atoms with Crippen molar-refractivity contribution >= 4 is 11.8 Å². The summed E-state index contributed by atoms with van der Waals surface area (Å²) in [7, 11) is 0. The van der Waals surface area contributed by atoms with Gasteiger partial charge in [0.05, 0.1) is 0 Å². The zero-order valence-electron chi connectivity index (χ0n) is 34.1. The number of nitrogens with zero attached hydrogens (tertiary/aromatic N) is 2. The topological polar surface area (TPSA) is 64.7 Å². The summed E-state index contributed by atoms with van der Waals surface area (Å²) in [6.45, 7) is 16.7. The average Bonchev–Trinajstić information content (AvgIpc) is 3.17. The number of rotatable bonds is 33. The first kappa shape index (κ1) is 45.5. The standard InChI is InChI=1S/C46H78N4O2/c1-5-9-13-17-19-23-37-49(35-21-15-11-7-3)39-33-47-45(51)43-29-25-41(26-30-43)42-27-31-44(32-28-42)46(52)48-34-40-50(36-22-16-12-8-4)38-24-20-18-14-10-6-2/h25-32H,5-24,33-40H2,1-4H3,(H,47,51)(H,48,52). The maximum atomic E-state index is 13.0. The fraction of sp³-hybridized carbons (Fsp3) is 0.696. The quantitative estimate of drug-likeness (QED) is 0.0721. The summed E-state index contributed by atoms with van der Waals surface area (Å²) in [5.41, 5.74) is 3.44. The molecule has 0 bridgehead atoms. The lowest BCUT2D eigenvalue weighted by Gasteiger charge is -2.22. The molecule has 2 aromatic carbocycles. The van der Waals surface area contributed by atoms with Crippen LogP contribution >= 0.6 is 0 Å². The molecule has 0 aliphatic carbocycles. The van der Waals surface area contributed by atoms with Crippen LogP contribution in [0.3, 0.4) is 0 Å². The van der Waals surface area contributed by atoms with Crippen LogP contribution in [0.1, 0.15) is 177 Å². The summed E-state index contributed by atoms with van der Waals surface area (Å²) >= 11 is 0. The van der Waals surface area contributed by atoms with Crippen molar-refractivity contribution in [3.05, 3.63) is 59.7 Å². The van der Waals surface area contributed by atoms with Gasteiger partial charge in [-0.25, -0.2) is 0 Å². The highest BCUT2D eigenvalue weighted by Gasteiger charge is 2.11. The zero-order chi connectivity index (χ0) is 37.5. The van der Waals surface area contributed by atoms with E-state index in [1.54, 1.807) is 0 Å². The van der Waals surface area contributed by atoms with Crippen molar-refractivity contribution in [3.63, 3.8) is 0 Å². The molecule has 0 fully saturated rings. The van der Waals surface area contributed by atoms with Gasteiger partial charge >= 0.3 is 0 Å². The number of hydrogen-bond donors (Lipinski definition) is 2. The van der Waals surface area contributed by atoms with E-state index in [2.05, 4.69) is 48.1 Å². The van der Waals surface area contributed by atoms with E-state index in [-0.39, 0.29) is 11.8 Å². The number of carbonyl (C=O) groups is 2. The summed E-state index contributed by atoms with van der Waals surface area (Å²) in [6.07, 6.45) is 25.9. The summed E-state index contributed by atoms with van der Waals surface area (Å²) in [5.74, 6) is -0.0360. The van der Waals surface area contributed by atoms with Crippen LogP contribution < -0.4 is 10.6 Å². The number of nitrogens with one attached hydrogen (secondary N) is 2. The average molecular weight is 719 g/mol. The van der Waals surface area contributed by atoms with Gasteiger partial charge in [-0.05, 0) is 87.3 Å². The van der Waals surface area contributed by atoms with Crippen LogP contribution in [0.4, 0.5) is 0 Å². The van der Waals surface area contributed by atoms with Crippen LogP contribution in [0.5, 0.6) is 0 Å². The largest absolute Gasteiger partial charge is 0.351 e. The second-order valence-corrected chi connectivity index (χ2v) is 15.0. The lowest BCUT2D eigenvalue weighted by atomic mass is 10.0. The molecule has 2 aromatic rings. The van der Waals surface area contributed by atoms with E-state index >= 15 is 0 Å². The van der Waals surface area contributed by atoms with Gasteiger partial charge in [-0.1, -0.05) is 155 Å². The van der Waals surface area contributed by atoms with E-state index in [1.807, 2.05) is 48.5 Å². The van der Waals surface area contributed by atoms with Crippen molar-refractivity contribution in [3.8, 4) is 11.1 Å². The Balaban J connectivity index is 1.80. The molecule has 0 radical (unpaired) electrons. The van der Waals surface area contributed by atoms with E-state index in [0.717, 1.165) is 50.4 Å². The predicted octanol–water partition coefficient (Wildman–Crippen LogP) is 11.3. The monoisotopic (exact) mass is 719 g/mol. The van der Waals surface area contributed by atoms with Crippen LogP contribution in [-0.2, 0) is 0 Å². The SMILES string of the molecule is CCCCCCCCN(CCCCCC)CCNC(=O)c1ccc(-c2ccc(C(=O)NCCN(CCCCCC)CCCCCCCC)cc2)cc1. The Kier molecular flexibility index (Phi) is 26.9. The zero-order valence-corrected chi connectivity index (χ0v) is 34.1. The van der Waals surface area contributed by atoms with E-state index in [1.165, 1.54) is 128 Å². The first-order chi connectivity index (χ1) is 25.5. The minimum absolute atomic E-state index is 0.0180. The molecule has 6 heteroatoms. The third-order valence-electron chi connectivity index (χ3n) is 10.4. The van der Waals surface area contributed by atoms with Gasteiger partial charge in [-0.15, -0.1) is 0 Å². The normalized spacial score (nSPS) is 11.4. The minimum Gasteiger partial charge on any atom is -0.351 e. The van der Waals surface area contributed by atoms with Gasteiger partial charge in [0.15, 0.2) is 0 Å². The second-order valence-electron chi connectivity index (χ2n) is 15.0. The third-order valence-corrected chi connectivity index (χ3v) is 10.4. The van der Waals surface area contributed by atoms with Crippen molar-refractivity contribution in [2.45, 2.75) is 156 Å². The molecule has 0 spiro atoms. The number of carbonyl (C=O) groups excluding carboxylic acids is 2. The molecule has 0 saturated carbocycles. The molecule has 294 valence electrons. The van der Waals surface area contributed by atoms with Crippen LogP contribution in [0.25, 0.3) is 11.1 Å².